The Morgan fingerprint density at radius 1 is 1.44 bits per heavy atom. The van der Waals surface area contributed by atoms with Crippen LogP contribution in [0.5, 0.6) is 0 Å². The fourth-order valence-electron chi connectivity index (χ4n) is 0.966. The molecule has 0 aliphatic heterocycles. The quantitative estimate of drug-likeness (QED) is 0.498. The van der Waals surface area contributed by atoms with Crippen LogP contribution in [0.1, 0.15) is 19.8 Å². The van der Waals surface area contributed by atoms with Gasteiger partial charge in [0.05, 0.1) is 13.2 Å². The van der Waals surface area contributed by atoms with E-state index in [-0.39, 0.29) is 12.8 Å². The van der Waals surface area contributed by atoms with Crippen molar-refractivity contribution < 1.29 is 24.2 Å². The number of nitrogens with one attached hydrogen (secondary N) is 1. The lowest BCUT2D eigenvalue weighted by atomic mass is 10.1. The topological polar surface area (TPSA) is 119 Å². The number of carboxylic acid groups (broad SMARTS) is 1. The van der Waals surface area contributed by atoms with Crippen LogP contribution < -0.4 is 11.1 Å². The van der Waals surface area contributed by atoms with Crippen LogP contribution in [0.25, 0.3) is 0 Å². The van der Waals surface area contributed by atoms with E-state index in [4.69, 9.17) is 10.8 Å². The summed E-state index contributed by atoms with van der Waals surface area (Å²) in [5, 5.41) is 10.7. The number of hydrogen-bond donors (Lipinski definition) is 3. The van der Waals surface area contributed by atoms with Gasteiger partial charge in [0.15, 0.2) is 0 Å². The maximum atomic E-state index is 11.3. The van der Waals surface area contributed by atoms with Gasteiger partial charge in [-0.1, -0.05) is 0 Å². The van der Waals surface area contributed by atoms with Gasteiger partial charge >= 0.3 is 11.9 Å². The average molecular weight is 232 g/mol. The number of aliphatic carboxylic acids is 1. The molecular formula is C9H16N2O5. The maximum Gasteiger partial charge on any atom is 0.328 e. The highest BCUT2D eigenvalue weighted by Crippen LogP contribution is 1.96. The molecular weight excluding hydrogens is 216 g/mol. The fraction of sp³-hybridized carbons (Fsp3) is 0.667. The highest BCUT2D eigenvalue weighted by atomic mass is 16.5. The predicted octanol–water partition coefficient (Wildman–Crippen LogP) is -1.14. The van der Waals surface area contributed by atoms with Crippen LogP contribution >= 0.6 is 0 Å². The first-order valence-electron chi connectivity index (χ1n) is 4.74. The number of carbonyl (C=O) groups excluding carboxylic acids is 2. The van der Waals surface area contributed by atoms with Gasteiger partial charge < -0.3 is 20.9 Å². The third-order valence-corrected chi connectivity index (χ3v) is 1.92. The van der Waals surface area contributed by atoms with Gasteiger partial charge in [-0.15, -0.1) is 0 Å². The molecule has 7 nitrogen and oxygen atoms in total. The second kappa shape index (κ2) is 6.78. The molecule has 92 valence electrons. The van der Waals surface area contributed by atoms with E-state index in [0.717, 1.165) is 0 Å². The SMILES string of the molecule is COC(=O)C(C)NC(=O)C(N)CCC(=O)O. The number of carboxylic acids is 1. The fourth-order valence-corrected chi connectivity index (χ4v) is 0.966. The zero-order chi connectivity index (χ0) is 12.7. The lowest BCUT2D eigenvalue weighted by Crippen LogP contribution is -2.47. The zero-order valence-corrected chi connectivity index (χ0v) is 9.23. The van der Waals surface area contributed by atoms with Crippen molar-refractivity contribution in [2.24, 2.45) is 5.73 Å². The minimum atomic E-state index is -1.02. The van der Waals surface area contributed by atoms with Gasteiger partial charge in [-0.25, -0.2) is 4.79 Å². The standard InChI is InChI=1S/C9H16N2O5/c1-5(9(15)16-2)11-8(14)6(10)3-4-7(12)13/h5-6H,3-4,10H2,1-2H3,(H,11,14)(H,12,13). The van der Waals surface area contributed by atoms with Crippen LogP contribution in [0, 0.1) is 0 Å². The third-order valence-electron chi connectivity index (χ3n) is 1.92. The Morgan fingerprint density at radius 3 is 2.44 bits per heavy atom. The van der Waals surface area contributed by atoms with Crippen molar-refractivity contribution in [1.29, 1.82) is 0 Å². The molecule has 16 heavy (non-hydrogen) atoms. The molecule has 0 aliphatic rings. The molecule has 2 unspecified atom stereocenters. The minimum absolute atomic E-state index is 0.0229. The van der Waals surface area contributed by atoms with E-state index in [1.54, 1.807) is 0 Å². The molecule has 0 radical (unpaired) electrons. The maximum absolute atomic E-state index is 11.3. The van der Waals surface area contributed by atoms with Gasteiger partial charge in [0.25, 0.3) is 0 Å². The van der Waals surface area contributed by atoms with Gasteiger partial charge in [-0.05, 0) is 13.3 Å². The summed E-state index contributed by atoms with van der Waals surface area (Å²) in [6.07, 6.45) is -0.170. The molecule has 0 fully saturated rings. The molecule has 2 atom stereocenters. The summed E-state index contributed by atoms with van der Waals surface area (Å²) in [6.45, 7) is 1.45. The first-order chi connectivity index (χ1) is 7.38. The Balaban J connectivity index is 4.04. The second-order valence-corrected chi connectivity index (χ2v) is 3.29. The number of rotatable bonds is 6. The monoisotopic (exact) mass is 232 g/mol. The van der Waals surface area contributed by atoms with Gasteiger partial charge in [-0.2, -0.15) is 0 Å². The Kier molecular flexibility index (Phi) is 6.09. The molecule has 0 saturated heterocycles. The average Bonchev–Trinajstić information content (AvgIpc) is 2.24. The Morgan fingerprint density at radius 2 is 2.00 bits per heavy atom. The molecule has 7 heteroatoms. The third kappa shape index (κ3) is 5.30. The largest absolute Gasteiger partial charge is 0.481 e. The van der Waals surface area contributed by atoms with E-state index in [1.165, 1.54) is 14.0 Å². The summed E-state index contributed by atoms with van der Waals surface area (Å²) >= 11 is 0. The van der Waals surface area contributed by atoms with Gasteiger partial charge in [0.1, 0.15) is 6.04 Å². The molecule has 1 amide bonds. The molecule has 0 bridgehead atoms. The van der Waals surface area contributed by atoms with Crippen molar-refractivity contribution in [2.75, 3.05) is 7.11 Å². The van der Waals surface area contributed by atoms with Crippen LogP contribution in [0.2, 0.25) is 0 Å². The van der Waals surface area contributed by atoms with Crippen LogP contribution in [0.4, 0.5) is 0 Å². The van der Waals surface area contributed by atoms with Crippen molar-refractivity contribution in [3.63, 3.8) is 0 Å². The van der Waals surface area contributed by atoms with Crippen LogP contribution in [0.15, 0.2) is 0 Å². The lowest BCUT2D eigenvalue weighted by molar-refractivity contribution is -0.145. The molecule has 4 N–H and O–H groups in total. The lowest BCUT2D eigenvalue weighted by Gasteiger charge is -2.15. The van der Waals surface area contributed by atoms with Gasteiger partial charge in [-0.3, -0.25) is 9.59 Å². The number of methoxy groups -OCH3 is 1. The molecule has 0 aliphatic carbocycles. The summed E-state index contributed by atoms with van der Waals surface area (Å²) in [5.74, 6) is -2.18. The smallest absolute Gasteiger partial charge is 0.328 e. The number of esters is 1. The number of hydrogen-bond acceptors (Lipinski definition) is 5. The summed E-state index contributed by atoms with van der Waals surface area (Å²) in [4.78, 5) is 32.6. The van der Waals surface area contributed by atoms with Crippen molar-refractivity contribution >= 4 is 17.8 Å². The first-order valence-corrected chi connectivity index (χ1v) is 4.74. The van der Waals surface area contributed by atoms with Gasteiger partial charge in [0, 0.05) is 6.42 Å². The van der Waals surface area contributed by atoms with Crippen LogP contribution in [0.3, 0.4) is 0 Å². The highest BCUT2D eigenvalue weighted by molar-refractivity contribution is 5.87. The van der Waals surface area contributed by atoms with E-state index in [0.29, 0.717) is 0 Å². The molecule has 0 aromatic heterocycles. The van der Waals surface area contributed by atoms with E-state index in [1.807, 2.05) is 0 Å². The number of ether oxygens (including phenoxy) is 1. The van der Waals surface area contributed by atoms with E-state index in [9.17, 15) is 14.4 Å². The van der Waals surface area contributed by atoms with Crippen molar-refractivity contribution in [2.45, 2.75) is 31.8 Å². The van der Waals surface area contributed by atoms with Crippen molar-refractivity contribution in [3.05, 3.63) is 0 Å². The Bertz CT molecular complexity index is 279. The summed E-state index contributed by atoms with van der Waals surface area (Å²) < 4.78 is 4.40. The normalized spacial score (nSPS) is 13.7. The number of amides is 1. The predicted molar refractivity (Wildman–Crippen MR) is 54.5 cm³/mol. The minimum Gasteiger partial charge on any atom is -0.481 e. The molecule has 0 spiro atoms. The van der Waals surface area contributed by atoms with E-state index < -0.39 is 29.9 Å². The van der Waals surface area contributed by atoms with E-state index >= 15 is 0 Å². The molecule has 0 heterocycles. The Hall–Kier alpha value is -1.63. The summed E-state index contributed by atoms with van der Waals surface area (Å²) in [7, 11) is 1.20. The highest BCUT2D eigenvalue weighted by Gasteiger charge is 2.20. The molecule has 0 rings (SSSR count). The van der Waals surface area contributed by atoms with Crippen LogP contribution in [-0.2, 0) is 19.1 Å². The molecule has 0 aromatic rings. The summed E-state index contributed by atoms with van der Waals surface area (Å²) in [6, 6.07) is -1.74. The second-order valence-electron chi connectivity index (χ2n) is 3.29. The Labute approximate surface area is 92.9 Å². The van der Waals surface area contributed by atoms with Gasteiger partial charge in [0.2, 0.25) is 5.91 Å². The first kappa shape index (κ1) is 14.4. The summed E-state index contributed by atoms with van der Waals surface area (Å²) in [5.41, 5.74) is 5.43. The molecule has 0 saturated carbocycles. The van der Waals surface area contributed by atoms with Crippen molar-refractivity contribution in [1.82, 2.24) is 5.32 Å². The number of nitrogens with two attached hydrogens (primary N) is 1. The van der Waals surface area contributed by atoms with Crippen molar-refractivity contribution in [3.8, 4) is 0 Å². The zero-order valence-electron chi connectivity index (χ0n) is 9.23. The van der Waals surface area contributed by atoms with E-state index in [2.05, 4.69) is 10.1 Å². The number of carbonyl (C=O) groups is 3. The molecule has 0 aromatic carbocycles. The van der Waals surface area contributed by atoms with Crippen LogP contribution in [-0.4, -0.2) is 42.1 Å².